The molecule has 0 bridgehead atoms. The van der Waals surface area contributed by atoms with Crippen LogP contribution in [0.5, 0.6) is 0 Å². The molecule has 0 aromatic heterocycles. The highest BCUT2D eigenvalue weighted by atomic mass is 16.6. The fraction of sp³-hybridized carbons (Fsp3) is 0.857. The zero-order valence-electron chi connectivity index (χ0n) is 24.8. The smallest absolute Gasteiger partial charge is 0.347 e. The normalized spacial score (nSPS) is 12.4. The second-order valence-corrected chi connectivity index (χ2v) is 8.96. The van der Waals surface area contributed by atoms with Gasteiger partial charge in [-0.3, -0.25) is 9.59 Å². The summed E-state index contributed by atoms with van der Waals surface area (Å²) in [5.74, 6) is -2.48. The molecule has 0 heterocycles. The van der Waals surface area contributed by atoms with Gasteiger partial charge in [-0.15, -0.1) is 0 Å². The molecule has 0 aliphatic carbocycles. The van der Waals surface area contributed by atoms with Crippen molar-refractivity contribution in [3.05, 3.63) is 0 Å². The minimum Gasteiger partial charge on any atom is -0.461 e. The monoisotopic (exact) mass is 578 g/mol. The van der Waals surface area contributed by atoms with Crippen LogP contribution in [0.25, 0.3) is 0 Å². The van der Waals surface area contributed by atoms with Gasteiger partial charge in [0.05, 0.1) is 39.6 Å². The third kappa shape index (κ3) is 23.6. The van der Waals surface area contributed by atoms with E-state index in [1.165, 1.54) is 13.8 Å². The molecule has 0 saturated carbocycles. The highest BCUT2D eigenvalue weighted by Gasteiger charge is 2.21. The number of hydrogen-bond acceptors (Lipinski definition) is 12. The first-order chi connectivity index (χ1) is 19.3. The number of hydrogen-bond donors (Lipinski definition) is 0. The van der Waals surface area contributed by atoms with Crippen LogP contribution >= 0.6 is 0 Å². The Hall–Kier alpha value is -2.28. The lowest BCUT2D eigenvalue weighted by molar-refractivity contribution is -0.168. The SMILES string of the molecule is CCCCOCCOCCOC(=O)[C@H](C)OC(=O)CCCCC(=O)O[C@@H](C)C(=O)OCCOCCOCCCC. The van der Waals surface area contributed by atoms with Gasteiger partial charge in [0.1, 0.15) is 13.2 Å². The van der Waals surface area contributed by atoms with Crippen molar-refractivity contribution in [3.63, 3.8) is 0 Å². The summed E-state index contributed by atoms with van der Waals surface area (Å²) in [6.07, 6.45) is 2.79. The van der Waals surface area contributed by atoms with Crippen molar-refractivity contribution in [3.8, 4) is 0 Å². The maximum Gasteiger partial charge on any atom is 0.347 e. The van der Waals surface area contributed by atoms with E-state index in [1.54, 1.807) is 0 Å². The summed E-state index contributed by atoms with van der Waals surface area (Å²) >= 11 is 0. The maximum absolute atomic E-state index is 12.0. The molecule has 12 nitrogen and oxygen atoms in total. The topological polar surface area (TPSA) is 142 Å². The van der Waals surface area contributed by atoms with E-state index >= 15 is 0 Å². The standard InChI is InChI=1S/C28H50O12/c1-5-7-13-33-15-17-35-19-21-37-27(31)23(3)39-25(29)11-9-10-12-26(30)40-24(4)28(32)38-22-20-36-18-16-34-14-8-6-2/h23-24H,5-22H2,1-4H3/t23-,24-/m0/s1. The van der Waals surface area contributed by atoms with Gasteiger partial charge in [-0.2, -0.15) is 0 Å². The Kier molecular flexibility index (Phi) is 25.4. The zero-order chi connectivity index (χ0) is 29.8. The molecule has 0 rings (SSSR count). The Bertz CT molecular complexity index is 614. The Morgan fingerprint density at radius 1 is 0.475 bits per heavy atom. The van der Waals surface area contributed by atoms with Crippen LogP contribution in [0.15, 0.2) is 0 Å². The van der Waals surface area contributed by atoms with Gasteiger partial charge >= 0.3 is 23.9 Å². The van der Waals surface area contributed by atoms with Crippen LogP contribution in [0.4, 0.5) is 0 Å². The minimum absolute atomic E-state index is 0.0211. The van der Waals surface area contributed by atoms with Gasteiger partial charge in [-0.05, 0) is 39.5 Å². The lowest BCUT2D eigenvalue weighted by atomic mass is 10.2. The molecule has 0 amide bonds. The summed E-state index contributed by atoms with van der Waals surface area (Å²) in [5, 5.41) is 0. The third-order valence-corrected chi connectivity index (χ3v) is 5.26. The van der Waals surface area contributed by atoms with Gasteiger partial charge in [0.2, 0.25) is 0 Å². The minimum atomic E-state index is -1.05. The molecule has 0 aromatic rings. The van der Waals surface area contributed by atoms with Crippen molar-refractivity contribution in [1.82, 2.24) is 0 Å². The molecule has 2 atom stereocenters. The third-order valence-electron chi connectivity index (χ3n) is 5.26. The van der Waals surface area contributed by atoms with Crippen LogP contribution in [0.3, 0.4) is 0 Å². The largest absolute Gasteiger partial charge is 0.461 e. The lowest BCUT2D eigenvalue weighted by Gasteiger charge is -2.14. The first kappa shape index (κ1) is 37.7. The molecule has 40 heavy (non-hydrogen) atoms. The van der Waals surface area contributed by atoms with E-state index in [0.29, 0.717) is 52.5 Å². The van der Waals surface area contributed by atoms with Crippen molar-refractivity contribution >= 4 is 23.9 Å². The Morgan fingerprint density at radius 2 is 0.800 bits per heavy atom. The van der Waals surface area contributed by atoms with Crippen LogP contribution in [-0.4, -0.2) is 102 Å². The fourth-order valence-electron chi connectivity index (χ4n) is 2.92. The first-order valence-corrected chi connectivity index (χ1v) is 14.3. The van der Waals surface area contributed by atoms with Gasteiger partial charge < -0.3 is 37.9 Å². The van der Waals surface area contributed by atoms with Crippen molar-refractivity contribution in [2.45, 2.75) is 91.3 Å². The summed E-state index contributed by atoms with van der Waals surface area (Å²) in [4.78, 5) is 47.8. The summed E-state index contributed by atoms with van der Waals surface area (Å²) in [6.45, 7) is 10.7. The highest BCUT2D eigenvalue weighted by Crippen LogP contribution is 2.07. The van der Waals surface area contributed by atoms with Crippen LogP contribution in [0.1, 0.15) is 79.1 Å². The zero-order valence-corrected chi connectivity index (χ0v) is 24.8. The van der Waals surface area contributed by atoms with Crippen molar-refractivity contribution in [2.75, 3.05) is 66.1 Å². The molecular weight excluding hydrogens is 528 g/mol. The number of esters is 4. The first-order valence-electron chi connectivity index (χ1n) is 14.3. The van der Waals surface area contributed by atoms with E-state index in [0.717, 1.165) is 25.7 Å². The van der Waals surface area contributed by atoms with Crippen LogP contribution in [0, 0.1) is 0 Å². The molecule has 0 unspecified atom stereocenters. The number of ether oxygens (including phenoxy) is 8. The lowest BCUT2D eigenvalue weighted by Crippen LogP contribution is -2.28. The molecule has 12 heteroatoms. The van der Waals surface area contributed by atoms with Gasteiger partial charge in [0.15, 0.2) is 12.2 Å². The molecular formula is C28H50O12. The summed E-state index contributed by atoms with van der Waals surface area (Å²) in [7, 11) is 0. The average Bonchev–Trinajstić information content (AvgIpc) is 2.93. The average molecular weight is 579 g/mol. The Morgan fingerprint density at radius 3 is 1.15 bits per heavy atom. The molecule has 234 valence electrons. The summed E-state index contributed by atoms with van der Waals surface area (Å²) in [5.41, 5.74) is 0. The van der Waals surface area contributed by atoms with E-state index in [1.807, 2.05) is 0 Å². The number of carbonyl (C=O) groups is 4. The number of unbranched alkanes of at least 4 members (excludes halogenated alkanes) is 3. The maximum atomic E-state index is 12.0. The van der Waals surface area contributed by atoms with E-state index < -0.39 is 36.1 Å². The van der Waals surface area contributed by atoms with Gasteiger partial charge in [0, 0.05) is 26.1 Å². The molecule has 0 radical (unpaired) electrons. The van der Waals surface area contributed by atoms with E-state index in [2.05, 4.69) is 13.8 Å². The van der Waals surface area contributed by atoms with Crippen molar-refractivity contribution in [2.24, 2.45) is 0 Å². The molecule has 0 saturated heterocycles. The van der Waals surface area contributed by atoms with Crippen LogP contribution in [-0.2, 0) is 57.1 Å². The molecule has 0 fully saturated rings. The van der Waals surface area contributed by atoms with Gasteiger partial charge in [-0.1, -0.05) is 26.7 Å². The van der Waals surface area contributed by atoms with E-state index in [9.17, 15) is 19.2 Å². The molecule has 0 aromatic carbocycles. The highest BCUT2D eigenvalue weighted by molar-refractivity contribution is 5.79. The summed E-state index contributed by atoms with van der Waals surface area (Å²) in [6, 6.07) is 0. The van der Waals surface area contributed by atoms with E-state index in [-0.39, 0.29) is 39.3 Å². The van der Waals surface area contributed by atoms with Crippen LogP contribution in [0.2, 0.25) is 0 Å². The molecule has 0 spiro atoms. The molecule has 0 aliphatic heterocycles. The van der Waals surface area contributed by atoms with E-state index in [4.69, 9.17) is 37.9 Å². The molecule has 0 N–H and O–H groups in total. The predicted octanol–water partition coefficient (Wildman–Crippen LogP) is 3.16. The fourth-order valence-corrected chi connectivity index (χ4v) is 2.92. The van der Waals surface area contributed by atoms with Crippen LogP contribution < -0.4 is 0 Å². The van der Waals surface area contributed by atoms with Crippen molar-refractivity contribution < 1.29 is 57.1 Å². The van der Waals surface area contributed by atoms with Gasteiger partial charge in [0.25, 0.3) is 0 Å². The summed E-state index contributed by atoms with van der Waals surface area (Å²) < 4.78 is 41.5. The number of carbonyl (C=O) groups excluding carboxylic acids is 4. The quantitative estimate of drug-likeness (QED) is 0.0802. The Labute approximate surface area is 238 Å². The molecule has 0 aliphatic rings. The number of rotatable bonds is 27. The van der Waals surface area contributed by atoms with Crippen molar-refractivity contribution in [1.29, 1.82) is 0 Å². The second-order valence-electron chi connectivity index (χ2n) is 8.96. The predicted molar refractivity (Wildman–Crippen MR) is 145 cm³/mol. The Balaban J connectivity index is 3.78. The second kappa shape index (κ2) is 26.9. The van der Waals surface area contributed by atoms with Gasteiger partial charge in [-0.25, -0.2) is 9.59 Å².